The zero-order valence-corrected chi connectivity index (χ0v) is 12.4. The van der Waals surface area contributed by atoms with Crippen molar-refractivity contribution in [1.82, 2.24) is 4.90 Å². The van der Waals surface area contributed by atoms with Crippen LogP contribution in [0.25, 0.3) is 0 Å². The van der Waals surface area contributed by atoms with E-state index in [-0.39, 0.29) is 5.91 Å². The third-order valence-corrected chi connectivity index (χ3v) is 3.16. The average molecular weight is 283 g/mol. The van der Waals surface area contributed by atoms with E-state index in [2.05, 4.69) is 10.2 Å². The van der Waals surface area contributed by atoms with E-state index in [9.17, 15) is 4.79 Å². The summed E-state index contributed by atoms with van der Waals surface area (Å²) in [7, 11) is 4.04. The van der Waals surface area contributed by atoms with Crippen LogP contribution < -0.4 is 11.1 Å². The van der Waals surface area contributed by atoms with Crippen molar-refractivity contribution < 1.29 is 4.79 Å². The molecular weight excluding hydrogens is 262 g/mol. The smallest absolute Gasteiger partial charge is 0.245 e. The number of carbonyl (C=O) groups is 1. The lowest BCUT2D eigenvalue weighted by Crippen LogP contribution is -2.27. The van der Waals surface area contributed by atoms with Gasteiger partial charge in [0.15, 0.2) is 0 Å². The first kappa shape index (κ1) is 15.2. The highest BCUT2D eigenvalue weighted by molar-refractivity contribution is 5.95. The molecule has 2 aromatic carbocycles. The number of hydrogen-bond acceptors (Lipinski definition) is 3. The zero-order chi connectivity index (χ0) is 15.2. The molecule has 0 radical (unpaired) electrons. The maximum absolute atomic E-state index is 12.1. The number of carbonyl (C=O) groups excluding carboxylic acids is 1. The van der Waals surface area contributed by atoms with Crippen LogP contribution in [-0.2, 0) is 11.3 Å². The van der Waals surface area contributed by atoms with Crippen LogP contribution in [0.1, 0.15) is 17.2 Å². The van der Waals surface area contributed by atoms with E-state index in [0.717, 1.165) is 17.8 Å². The second kappa shape index (κ2) is 7.02. The van der Waals surface area contributed by atoms with E-state index >= 15 is 0 Å². The largest absolute Gasteiger partial charge is 0.324 e. The predicted molar refractivity (Wildman–Crippen MR) is 85.8 cm³/mol. The van der Waals surface area contributed by atoms with E-state index in [0.29, 0.717) is 0 Å². The number of benzene rings is 2. The van der Waals surface area contributed by atoms with Crippen LogP contribution in [0.5, 0.6) is 0 Å². The molecule has 0 bridgehead atoms. The summed E-state index contributed by atoms with van der Waals surface area (Å²) in [6.07, 6.45) is 0. The van der Waals surface area contributed by atoms with Gasteiger partial charge in [0, 0.05) is 12.2 Å². The summed E-state index contributed by atoms with van der Waals surface area (Å²) in [5, 5.41) is 2.84. The Balaban J connectivity index is 1.99. The molecule has 4 nitrogen and oxygen atoms in total. The fraction of sp³-hybridized carbons (Fsp3) is 0.235. The molecule has 0 spiro atoms. The maximum atomic E-state index is 12.1. The number of amides is 1. The van der Waals surface area contributed by atoms with Crippen LogP contribution in [-0.4, -0.2) is 24.9 Å². The number of nitrogens with one attached hydrogen (secondary N) is 1. The lowest BCUT2D eigenvalue weighted by molar-refractivity contribution is -0.117. The van der Waals surface area contributed by atoms with E-state index < -0.39 is 6.04 Å². The van der Waals surface area contributed by atoms with E-state index in [1.807, 2.05) is 68.7 Å². The summed E-state index contributed by atoms with van der Waals surface area (Å²) in [6, 6.07) is 16.5. The number of rotatable bonds is 5. The Morgan fingerprint density at radius 1 is 1.10 bits per heavy atom. The molecular formula is C17H21N3O. The Bertz CT molecular complexity index is 579. The predicted octanol–water partition coefficient (Wildman–Crippen LogP) is 2.39. The Hall–Kier alpha value is -2.17. The Labute approximate surface area is 125 Å². The summed E-state index contributed by atoms with van der Waals surface area (Å²) in [4.78, 5) is 14.2. The van der Waals surface area contributed by atoms with Gasteiger partial charge in [-0.05, 0) is 37.4 Å². The van der Waals surface area contributed by atoms with Gasteiger partial charge in [-0.1, -0.05) is 42.5 Å². The quantitative estimate of drug-likeness (QED) is 0.886. The molecule has 0 heterocycles. The SMILES string of the molecule is CN(C)Cc1ccc(NC(=O)[C@@H](N)c2ccccc2)cc1. The van der Waals surface area contributed by atoms with Gasteiger partial charge in [0.1, 0.15) is 6.04 Å². The standard InChI is InChI=1S/C17H21N3O/c1-20(2)12-13-8-10-15(11-9-13)19-17(21)16(18)14-6-4-3-5-7-14/h3-11,16H,12,18H2,1-2H3,(H,19,21)/t16-/m0/s1. The number of nitrogens with zero attached hydrogens (tertiary/aromatic N) is 1. The second-order valence-corrected chi connectivity index (χ2v) is 5.31. The van der Waals surface area contributed by atoms with Gasteiger partial charge in [-0.3, -0.25) is 4.79 Å². The Morgan fingerprint density at radius 3 is 2.29 bits per heavy atom. The molecule has 0 fully saturated rings. The van der Waals surface area contributed by atoms with E-state index in [1.165, 1.54) is 5.56 Å². The van der Waals surface area contributed by atoms with Gasteiger partial charge in [0.2, 0.25) is 5.91 Å². The van der Waals surface area contributed by atoms with E-state index in [1.54, 1.807) is 0 Å². The summed E-state index contributed by atoms with van der Waals surface area (Å²) >= 11 is 0. The first-order chi connectivity index (χ1) is 10.1. The minimum atomic E-state index is -0.660. The average Bonchev–Trinajstić information content (AvgIpc) is 2.49. The highest BCUT2D eigenvalue weighted by atomic mass is 16.2. The topological polar surface area (TPSA) is 58.4 Å². The first-order valence-corrected chi connectivity index (χ1v) is 6.91. The van der Waals surface area contributed by atoms with Crippen molar-refractivity contribution in [1.29, 1.82) is 0 Å². The summed E-state index contributed by atoms with van der Waals surface area (Å²) in [5.41, 5.74) is 8.73. The molecule has 0 aromatic heterocycles. The van der Waals surface area contributed by atoms with Crippen LogP contribution >= 0.6 is 0 Å². The van der Waals surface area contributed by atoms with Crippen molar-refractivity contribution in [2.24, 2.45) is 5.73 Å². The third-order valence-electron chi connectivity index (χ3n) is 3.16. The van der Waals surface area contributed by atoms with Crippen LogP contribution in [0, 0.1) is 0 Å². The van der Waals surface area contributed by atoms with Gasteiger partial charge in [0.05, 0.1) is 0 Å². The molecule has 110 valence electrons. The molecule has 0 aliphatic heterocycles. The molecule has 2 rings (SSSR count). The molecule has 0 aliphatic rings. The number of anilines is 1. The van der Waals surface area contributed by atoms with Crippen molar-refractivity contribution >= 4 is 11.6 Å². The second-order valence-electron chi connectivity index (χ2n) is 5.31. The maximum Gasteiger partial charge on any atom is 0.245 e. The molecule has 0 saturated carbocycles. The van der Waals surface area contributed by atoms with Gasteiger partial charge in [-0.15, -0.1) is 0 Å². The van der Waals surface area contributed by atoms with Gasteiger partial charge >= 0.3 is 0 Å². The summed E-state index contributed by atoms with van der Waals surface area (Å²) < 4.78 is 0. The normalized spacial score (nSPS) is 12.2. The minimum absolute atomic E-state index is 0.207. The molecule has 4 heteroatoms. The summed E-state index contributed by atoms with van der Waals surface area (Å²) in [5.74, 6) is -0.207. The highest BCUT2D eigenvalue weighted by Gasteiger charge is 2.15. The fourth-order valence-corrected chi connectivity index (χ4v) is 2.09. The molecule has 1 atom stereocenters. The number of hydrogen-bond donors (Lipinski definition) is 2. The van der Waals surface area contributed by atoms with Crippen molar-refractivity contribution in [2.45, 2.75) is 12.6 Å². The van der Waals surface area contributed by atoms with E-state index in [4.69, 9.17) is 5.73 Å². The van der Waals surface area contributed by atoms with Crippen molar-refractivity contribution in [3.63, 3.8) is 0 Å². The van der Waals surface area contributed by atoms with Crippen LogP contribution in [0.4, 0.5) is 5.69 Å². The zero-order valence-electron chi connectivity index (χ0n) is 12.4. The van der Waals surface area contributed by atoms with Crippen LogP contribution in [0.3, 0.4) is 0 Å². The fourth-order valence-electron chi connectivity index (χ4n) is 2.09. The molecule has 3 N–H and O–H groups in total. The van der Waals surface area contributed by atoms with Crippen molar-refractivity contribution in [2.75, 3.05) is 19.4 Å². The van der Waals surface area contributed by atoms with Gasteiger partial charge < -0.3 is 16.0 Å². The molecule has 0 unspecified atom stereocenters. The monoisotopic (exact) mass is 283 g/mol. The Morgan fingerprint density at radius 2 is 1.71 bits per heavy atom. The number of nitrogens with two attached hydrogens (primary N) is 1. The molecule has 0 saturated heterocycles. The molecule has 2 aromatic rings. The molecule has 21 heavy (non-hydrogen) atoms. The van der Waals surface area contributed by atoms with Crippen LogP contribution in [0.2, 0.25) is 0 Å². The molecule has 0 aliphatic carbocycles. The third kappa shape index (κ3) is 4.41. The lowest BCUT2D eigenvalue weighted by Gasteiger charge is -2.13. The lowest BCUT2D eigenvalue weighted by atomic mass is 10.1. The van der Waals surface area contributed by atoms with Crippen molar-refractivity contribution in [3.05, 3.63) is 65.7 Å². The first-order valence-electron chi connectivity index (χ1n) is 6.91. The molecule has 1 amide bonds. The van der Waals surface area contributed by atoms with Gasteiger partial charge in [-0.2, -0.15) is 0 Å². The van der Waals surface area contributed by atoms with Gasteiger partial charge in [-0.25, -0.2) is 0 Å². The van der Waals surface area contributed by atoms with Crippen LogP contribution in [0.15, 0.2) is 54.6 Å². The van der Waals surface area contributed by atoms with Crippen molar-refractivity contribution in [3.8, 4) is 0 Å². The highest BCUT2D eigenvalue weighted by Crippen LogP contribution is 2.15. The Kier molecular flexibility index (Phi) is 5.09. The van der Waals surface area contributed by atoms with Gasteiger partial charge in [0.25, 0.3) is 0 Å². The summed E-state index contributed by atoms with van der Waals surface area (Å²) in [6.45, 7) is 0.873. The minimum Gasteiger partial charge on any atom is -0.324 e.